The number of nitrogens with one attached hydrogen (secondary N) is 3. The number of alkyl halides is 3. The van der Waals surface area contributed by atoms with Gasteiger partial charge in [0.05, 0.1) is 10.6 Å². The van der Waals surface area contributed by atoms with Crippen LogP contribution in [-0.2, 0) is 0 Å². The highest BCUT2D eigenvalue weighted by Crippen LogP contribution is 2.29. The lowest BCUT2D eigenvalue weighted by atomic mass is 10.1. The van der Waals surface area contributed by atoms with Gasteiger partial charge in [-0.15, -0.1) is 0 Å². The van der Waals surface area contributed by atoms with Crippen molar-refractivity contribution >= 4 is 75.3 Å². The third kappa shape index (κ3) is 6.40. The van der Waals surface area contributed by atoms with E-state index in [-0.39, 0.29) is 15.7 Å². The second kappa shape index (κ2) is 9.30. The zero-order valence-electron chi connectivity index (χ0n) is 14.4. The van der Waals surface area contributed by atoms with Crippen LogP contribution in [0.25, 0.3) is 0 Å². The summed E-state index contributed by atoms with van der Waals surface area (Å²) in [4.78, 5) is 12.5. The van der Waals surface area contributed by atoms with Crippen molar-refractivity contribution in [2.45, 2.75) is 23.8 Å². The smallest absolute Gasteiger partial charge is 0.254 e. The molecule has 27 heavy (non-hydrogen) atoms. The van der Waals surface area contributed by atoms with Gasteiger partial charge in [-0.3, -0.25) is 4.79 Å². The summed E-state index contributed by atoms with van der Waals surface area (Å²) in [6.07, 6.45) is -1.09. The highest BCUT2D eigenvalue weighted by Gasteiger charge is 2.35. The number of carbonyl (C=O) groups is 1. The largest absolute Gasteiger partial charge is 0.339 e. The highest BCUT2D eigenvalue weighted by atomic mass is 35.6. The Hall–Kier alpha value is -1.24. The van der Waals surface area contributed by atoms with E-state index in [9.17, 15) is 4.79 Å². The van der Waals surface area contributed by atoms with Gasteiger partial charge in [0.25, 0.3) is 5.91 Å². The summed E-state index contributed by atoms with van der Waals surface area (Å²) in [6, 6.07) is 12.4. The van der Waals surface area contributed by atoms with Gasteiger partial charge in [-0.1, -0.05) is 76.2 Å². The fraction of sp³-hybridized carbons (Fsp3) is 0.222. The van der Waals surface area contributed by atoms with Gasteiger partial charge >= 0.3 is 0 Å². The molecular weight excluding hydrogens is 448 g/mol. The molecular formula is C18H17Cl4N3OS. The zero-order chi connectivity index (χ0) is 20.2. The average molecular weight is 465 g/mol. The minimum Gasteiger partial charge on any atom is -0.339 e. The van der Waals surface area contributed by atoms with Gasteiger partial charge in [0.15, 0.2) is 5.11 Å². The number of amides is 1. The number of hydrogen-bond donors (Lipinski definition) is 3. The molecule has 1 amide bonds. The van der Waals surface area contributed by atoms with Crippen LogP contribution in [-0.4, -0.2) is 21.0 Å². The number of anilines is 1. The lowest BCUT2D eigenvalue weighted by Crippen LogP contribution is -2.56. The number of halogens is 4. The number of aryl methyl sites for hydroxylation is 2. The molecule has 0 unspecified atom stereocenters. The SMILES string of the molecule is Cc1ccc(NC(=S)N[C@@H](NC(=O)c2ccccc2Cl)C(Cl)(Cl)Cl)c(C)c1. The van der Waals surface area contributed by atoms with E-state index in [1.165, 1.54) is 0 Å². The Morgan fingerprint density at radius 3 is 2.33 bits per heavy atom. The van der Waals surface area contributed by atoms with Gasteiger partial charge in [0.1, 0.15) is 6.17 Å². The van der Waals surface area contributed by atoms with Crippen molar-refractivity contribution in [1.82, 2.24) is 10.6 Å². The summed E-state index contributed by atoms with van der Waals surface area (Å²) in [7, 11) is 0. The normalized spacial score (nSPS) is 12.2. The summed E-state index contributed by atoms with van der Waals surface area (Å²) in [5.41, 5.74) is 3.19. The number of thiocarbonyl (C=S) groups is 1. The molecule has 0 aliphatic heterocycles. The molecule has 3 N–H and O–H groups in total. The minimum atomic E-state index is -1.86. The molecule has 4 nitrogen and oxygen atoms in total. The van der Waals surface area contributed by atoms with E-state index in [4.69, 9.17) is 58.6 Å². The van der Waals surface area contributed by atoms with Crippen LogP contribution >= 0.6 is 58.6 Å². The average Bonchev–Trinajstić information content (AvgIpc) is 2.56. The van der Waals surface area contributed by atoms with Gasteiger partial charge in [-0.05, 0) is 49.8 Å². The quantitative estimate of drug-likeness (QED) is 0.323. The van der Waals surface area contributed by atoms with Crippen molar-refractivity contribution < 1.29 is 4.79 Å². The van der Waals surface area contributed by atoms with Crippen molar-refractivity contribution in [2.24, 2.45) is 0 Å². The van der Waals surface area contributed by atoms with Crippen molar-refractivity contribution in [3.8, 4) is 0 Å². The van der Waals surface area contributed by atoms with E-state index in [1.54, 1.807) is 24.3 Å². The molecule has 144 valence electrons. The second-order valence-electron chi connectivity index (χ2n) is 5.84. The predicted molar refractivity (Wildman–Crippen MR) is 118 cm³/mol. The zero-order valence-corrected chi connectivity index (χ0v) is 18.3. The van der Waals surface area contributed by atoms with Crippen molar-refractivity contribution in [2.75, 3.05) is 5.32 Å². The molecule has 0 saturated carbocycles. The van der Waals surface area contributed by atoms with E-state index in [0.717, 1.165) is 16.8 Å². The van der Waals surface area contributed by atoms with Crippen LogP contribution in [0.5, 0.6) is 0 Å². The topological polar surface area (TPSA) is 53.2 Å². The van der Waals surface area contributed by atoms with Crippen LogP contribution < -0.4 is 16.0 Å². The van der Waals surface area contributed by atoms with Crippen LogP contribution in [0.4, 0.5) is 5.69 Å². The first kappa shape index (κ1) is 22.1. The Labute approximate surface area is 183 Å². The van der Waals surface area contributed by atoms with E-state index in [2.05, 4.69) is 16.0 Å². The molecule has 2 aromatic carbocycles. The van der Waals surface area contributed by atoms with Crippen LogP contribution in [0.3, 0.4) is 0 Å². The molecule has 2 rings (SSSR count). The Morgan fingerprint density at radius 1 is 1.07 bits per heavy atom. The summed E-state index contributed by atoms with van der Waals surface area (Å²) in [5, 5.41) is 8.92. The molecule has 0 aliphatic rings. The van der Waals surface area contributed by atoms with Gasteiger partial charge in [-0.2, -0.15) is 0 Å². The van der Waals surface area contributed by atoms with Crippen molar-refractivity contribution in [3.05, 3.63) is 64.2 Å². The second-order valence-corrected chi connectivity index (χ2v) is 9.03. The van der Waals surface area contributed by atoms with E-state index in [0.29, 0.717) is 0 Å². The molecule has 0 spiro atoms. The van der Waals surface area contributed by atoms with Gasteiger partial charge in [0, 0.05) is 5.69 Å². The van der Waals surface area contributed by atoms with E-state index in [1.807, 2.05) is 32.0 Å². The first-order valence-electron chi connectivity index (χ1n) is 7.85. The molecule has 9 heteroatoms. The van der Waals surface area contributed by atoms with Crippen LogP contribution in [0.15, 0.2) is 42.5 Å². The fourth-order valence-electron chi connectivity index (χ4n) is 2.30. The van der Waals surface area contributed by atoms with E-state index < -0.39 is 15.9 Å². The number of hydrogen-bond acceptors (Lipinski definition) is 2. The van der Waals surface area contributed by atoms with Gasteiger partial charge in [-0.25, -0.2) is 0 Å². The van der Waals surface area contributed by atoms with Gasteiger partial charge in [0.2, 0.25) is 3.79 Å². The number of rotatable bonds is 4. The lowest BCUT2D eigenvalue weighted by molar-refractivity contribution is 0.0934. The molecule has 0 heterocycles. The summed E-state index contributed by atoms with van der Waals surface area (Å²) in [5.74, 6) is -0.501. The summed E-state index contributed by atoms with van der Waals surface area (Å²) in [6.45, 7) is 3.94. The Morgan fingerprint density at radius 2 is 1.74 bits per heavy atom. The van der Waals surface area contributed by atoms with Crippen LogP contribution in [0.2, 0.25) is 5.02 Å². The number of benzene rings is 2. The lowest BCUT2D eigenvalue weighted by Gasteiger charge is -2.28. The number of carbonyl (C=O) groups excluding carboxylic acids is 1. The molecule has 0 saturated heterocycles. The standard InChI is InChI=1S/C18H17Cl4N3OS/c1-10-7-8-14(11(2)9-10)23-17(27)25-16(18(20,21)22)24-15(26)12-5-3-4-6-13(12)19/h3-9,16H,1-2H3,(H,24,26)(H2,23,25,27)/t16-/m1/s1. The van der Waals surface area contributed by atoms with E-state index >= 15 is 0 Å². The molecule has 1 atom stereocenters. The molecule has 0 fully saturated rings. The maximum atomic E-state index is 12.5. The molecule has 0 bridgehead atoms. The van der Waals surface area contributed by atoms with Crippen molar-refractivity contribution in [1.29, 1.82) is 0 Å². The monoisotopic (exact) mass is 463 g/mol. The fourth-order valence-corrected chi connectivity index (χ4v) is 3.07. The first-order chi connectivity index (χ1) is 12.6. The summed E-state index contributed by atoms with van der Waals surface area (Å²) >= 11 is 29.3. The molecule has 2 aromatic rings. The molecule has 0 radical (unpaired) electrons. The van der Waals surface area contributed by atoms with Gasteiger partial charge < -0.3 is 16.0 Å². The minimum absolute atomic E-state index is 0.192. The molecule has 0 aliphatic carbocycles. The third-order valence-electron chi connectivity index (χ3n) is 3.63. The Bertz CT molecular complexity index is 855. The predicted octanol–water partition coefficient (Wildman–Crippen LogP) is 5.37. The Balaban J connectivity index is 2.11. The molecule has 0 aromatic heterocycles. The van der Waals surface area contributed by atoms with Crippen molar-refractivity contribution in [3.63, 3.8) is 0 Å². The van der Waals surface area contributed by atoms with Crippen LogP contribution in [0, 0.1) is 13.8 Å². The van der Waals surface area contributed by atoms with Crippen LogP contribution in [0.1, 0.15) is 21.5 Å². The highest BCUT2D eigenvalue weighted by molar-refractivity contribution is 7.80. The third-order valence-corrected chi connectivity index (χ3v) is 4.83. The Kier molecular flexibility index (Phi) is 7.60. The summed E-state index contributed by atoms with van der Waals surface area (Å²) < 4.78 is -1.86. The maximum absolute atomic E-state index is 12.5. The first-order valence-corrected chi connectivity index (χ1v) is 9.77. The maximum Gasteiger partial charge on any atom is 0.254 e.